The van der Waals surface area contributed by atoms with Crippen LogP contribution < -0.4 is 0 Å². The minimum Gasteiger partial charge on any atom is -0.296 e. The molecule has 108 valence electrons. The van der Waals surface area contributed by atoms with E-state index in [1.165, 1.54) is 25.7 Å². The van der Waals surface area contributed by atoms with E-state index >= 15 is 0 Å². The summed E-state index contributed by atoms with van der Waals surface area (Å²) in [6.07, 6.45) is 6.10. The van der Waals surface area contributed by atoms with Gasteiger partial charge in [0, 0.05) is 24.5 Å². The van der Waals surface area contributed by atoms with Crippen molar-refractivity contribution < 1.29 is 0 Å². The number of alkyl halides is 1. The van der Waals surface area contributed by atoms with Gasteiger partial charge in [-0.3, -0.25) is 9.58 Å². The molecule has 1 saturated carbocycles. The Kier molecular flexibility index (Phi) is 5.32. The fourth-order valence-corrected chi connectivity index (χ4v) is 4.25. The third kappa shape index (κ3) is 3.34. The molecule has 3 nitrogen and oxygen atoms in total. The van der Waals surface area contributed by atoms with Gasteiger partial charge in [0.05, 0.1) is 16.4 Å². The molecule has 0 aromatic carbocycles. The predicted octanol–water partition coefficient (Wildman–Crippen LogP) is 3.77. The zero-order valence-electron chi connectivity index (χ0n) is 12.0. The van der Waals surface area contributed by atoms with E-state index in [9.17, 15) is 0 Å². The van der Waals surface area contributed by atoms with Crippen molar-refractivity contribution in [3.63, 3.8) is 0 Å². The molecule has 2 atom stereocenters. The second-order valence-corrected chi connectivity index (χ2v) is 7.02. The number of nitrogens with zero attached hydrogens (tertiary/aromatic N) is 3. The van der Waals surface area contributed by atoms with Crippen LogP contribution in [0.5, 0.6) is 0 Å². The van der Waals surface area contributed by atoms with Crippen LogP contribution in [0.2, 0.25) is 5.02 Å². The van der Waals surface area contributed by atoms with Crippen molar-refractivity contribution in [3.8, 4) is 0 Å². The molecule has 0 spiro atoms. The monoisotopic (exact) mass is 347 g/mol. The van der Waals surface area contributed by atoms with Crippen LogP contribution in [-0.2, 0) is 20.0 Å². The maximum atomic E-state index is 6.43. The van der Waals surface area contributed by atoms with E-state index in [1.54, 1.807) is 0 Å². The minimum atomic E-state index is 0.601. The molecule has 0 saturated heterocycles. The average molecular weight is 349 g/mol. The molecule has 2 unspecified atom stereocenters. The maximum absolute atomic E-state index is 6.43. The fourth-order valence-electron chi connectivity index (χ4n) is 2.91. The maximum Gasteiger partial charge on any atom is 0.0863 e. The van der Waals surface area contributed by atoms with Crippen molar-refractivity contribution in [1.29, 1.82) is 0 Å². The van der Waals surface area contributed by atoms with Crippen LogP contribution in [0.25, 0.3) is 0 Å². The summed E-state index contributed by atoms with van der Waals surface area (Å²) in [5.41, 5.74) is 2.14. The lowest BCUT2D eigenvalue weighted by atomic mass is 9.94. The van der Waals surface area contributed by atoms with E-state index in [2.05, 4.69) is 39.9 Å². The van der Waals surface area contributed by atoms with Crippen LogP contribution in [-0.4, -0.2) is 32.6 Å². The molecule has 2 rings (SSSR count). The van der Waals surface area contributed by atoms with E-state index in [0.717, 1.165) is 29.4 Å². The molecular weight excluding hydrogens is 326 g/mol. The summed E-state index contributed by atoms with van der Waals surface area (Å²) >= 11 is 10.3. The highest BCUT2D eigenvalue weighted by Gasteiger charge is 2.27. The largest absolute Gasteiger partial charge is 0.296 e. The van der Waals surface area contributed by atoms with E-state index in [1.807, 2.05) is 11.7 Å². The first-order valence-corrected chi connectivity index (χ1v) is 8.38. The van der Waals surface area contributed by atoms with Crippen molar-refractivity contribution >= 4 is 27.5 Å². The molecule has 0 N–H and O–H groups in total. The van der Waals surface area contributed by atoms with Crippen molar-refractivity contribution in [1.82, 2.24) is 14.7 Å². The summed E-state index contributed by atoms with van der Waals surface area (Å²) < 4.78 is 1.93. The van der Waals surface area contributed by atoms with Gasteiger partial charge in [0.25, 0.3) is 0 Å². The molecule has 1 aliphatic carbocycles. The van der Waals surface area contributed by atoms with Crippen LogP contribution in [0.4, 0.5) is 0 Å². The lowest BCUT2D eigenvalue weighted by Crippen LogP contribution is -2.40. The van der Waals surface area contributed by atoms with Crippen molar-refractivity contribution in [3.05, 3.63) is 16.4 Å². The van der Waals surface area contributed by atoms with Crippen molar-refractivity contribution in [2.75, 3.05) is 7.05 Å². The topological polar surface area (TPSA) is 21.1 Å². The molecule has 1 fully saturated rings. The Bertz CT molecular complexity index is 433. The van der Waals surface area contributed by atoms with E-state index in [-0.39, 0.29) is 0 Å². The molecule has 19 heavy (non-hydrogen) atoms. The predicted molar refractivity (Wildman–Crippen MR) is 84.0 cm³/mol. The second kappa shape index (κ2) is 6.59. The summed E-state index contributed by atoms with van der Waals surface area (Å²) in [5, 5.41) is 5.34. The first-order valence-electron chi connectivity index (χ1n) is 7.09. The average Bonchev–Trinajstić information content (AvgIpc) is 2.66. The Balaban J connectivity index is 2.10. The van der Waals surface area contributed by atoms with Crippen LogP contribution >= 0.6 is 27.5 Å². The highest BCUT2D eigenvalue weighted by Crippen LogP contribution is 2.30. The van der Waals surface area contributed by atoms with Gasteiger partial charge in [-0.25, -0.2) is 0 Å². The number of aryl methyl sites for hydroxylation is 2. The van der Waals surface area contributed by atoms with Crippen molar-refractivity contribution in [2.24, 2.45) is 7.05 Å². The van der Waals surface area contributed by atoms with Gasteiger partial charge in [-0.05, 0) is 26.3 Å². The zero-order chi connectivity index (χ0) is 14.0. The first-order chi connectivity index (χ1) is 9.04. The Hall–Kier alpha value is -0.0600. The summed E-state index contributed by atoms with van der Waals surface area (Å²) in [6.45, 7) is 2.96. The smallest absolute Gasteiger partial charge is 0.0863 e. The highest BCUT2D eigenvalue weighted by atomic mass is 79.9. The molecule has 0 bridgehead atoms. The van der Waals surface area contributed by atoms with E-state index in [0.29, 0.717) is 10.9 Å². The van der Waals surface area contributed by atoms with Crippen LogP contribution in [0.1, 0.15) is 44.0 Å². The quantitative estimate of drug-likeness (QED) is 0.772. The Labute approximate surface area is 129 Å². The standard InChI is InChI=1S/C14H23BrClN3/c1-4-11-14(16)13(19(3)17-11)9-18(2)12-8-6-5-7-10(12)15/h10,12H,4-9H2,1-3H3. The molecular formula is C14H23BrClN3. The SMILES string of the molecule is CCc1nn(C)c(CN(C)C2CCCCC2Br)c1Cl. The zero-order valence-corrected chi connectivity index (χ0v) is 14.3. The highest BCUT2D eigenvalue weighted by molar-refractivity contribution is 9.09. The van der Waals surface area contributed by atoms with Gasteiger partial charge in [-0.15, -0.1) is 0 Å². The van der Waals surface area contributed by atoms with Gasteiger partial charge in [-0.1, -0.05) is 47.3 Å². The summed E-state index contributed by atoms with van der Waals surface area (Å²) in [4.78, 5) is 3.02. The molecule has 0 aliphatic heterocycles. The third-order valence-corrected chi connectivity index (χ3v) is 5.62. The van der Waals surface area contributed by atoms with E-state index < -0.39 is 0 Å². The van der Waals surface area contributed by atoms with Crippen LogP contribution in [0.15, 0.2) is 0 Å². The molecule has 1 aromatic heterocycles. The number of halogens is 2. The van der Waals surface area contributed by atoms with Gasteiger partial charge >= 0.3 is 0 Å². The second-order valence-electron chi connectivity index (χ2n) is 5.47. The van der Waals surface area contributed by atoms with Gasteiger partial charge in [-0.2, -0.15) is 5.10 Å². The molecule has 1 heterocycles. The van der Waals surface area contributed by atoms with Crippen LogP contribution in [0, 0.1) is 0 Å². The van der Waals surface area contributed by atoms with Gasteiger partial charge in [0.15, 0.2) is 0 Å². The molecule has 0 radical (unpaired) electrons. The normalized spacial score (nSPS) is 24.1. The summed E-state index contributed by atoms with van der Waals surface area (Å²) in [5.74, 6) is 0. The summed E-state index contributed by atoms with van der Waals surface area (Å²) in [7, 11) is 4.18. The van der Waals surface area contributed by atoms with Gasteiger partial charge < -0.3 is 0 Å². The molecule has 1 aliphatic rings. The number of rotatable bonds is 4. The van der Waals surface area contributed by atoms with Gasteiger partial charge in [0.1, 0.15) is 0 Å². The lowest BCUT2D eigenvalue weighted by molar-refractivity contribution is 0.189. The van der Waals surface area contributed by atoms with Gasteiger partial charge in [0.2, 0.25) is 0 Å². The fraction of sp³-hybridized carbons (Fsp3) is 0.786. The number of hydrogen-bond donors (Lipinski definition) is 0. The van der Waals surface area contributed by atoms with Crippen molar-refractivity contribution in [2.45, 2.75) is 56.4 Å². The Morgan fingerprint density at radius 3 is 2.68 bits per heavy atom. The van der Waals surface area contributed by atoms with Crippen LogP contribution in [0.3, 0.4) is 0 Å². The first kappa shape index (κ1) is 15.3. The van der Waals surface area contributed by atoms with E-state index in [4.69, 9.17) is 11.6 Å². The Morgan fingerprint density at radius 2 is 2.11 bits per heavy atom. The molecule has 5 heteroatoms. The lowest BCUT2D eigenvalue weighted by Gasteiger charge is -2.35. The number of hydrogen-bond acceptors (Lipinski definition) is 2. The number of aromatic nitrogens is 2. The Morgan fingerprint density at radius 1 is 1.42 bits per heavy atom. The molecule has 1 aromatic rings. The minimum absolute atomic E-state index is 0.601. The summed E-state index contributed by atoms with van der Waals surface area (Å²) in [6, 6.07) is 0.602. The third-order valence-electron chi connectivity index (χ3n) is 4.12. The molecule has 0 amide bonds.